The fourth-order valence-electron chi connectivity index (χ4n) is 2.25. The summed E-state index contributed by atoms with van der Waals surface area (Å²) < 4.78 is 0. The van der Waals surface area contributed by atoms with Crippen LogP contribution in [0, 0.1) is 11.8 Å². The molecule has 86 valence electrons. The van der Waals surface area contributed by atoms with Crippen molar-refractivity contribution in [3.63, 3.8) is 0 Å². The summed E-state index contributed by atoms with van der Waals surface area (Å²) in [5.74, 6) is 1.94. The van der Waals surface area contributed by atoms with Gasteiger partial charge in [-0.2, -0.15) is 0 Å². The molecule has 0 aliphatic heterocycles. The fraction of sp³-hybridized carbons (Fsp3) is 1.00. The molecule has 0 saturated heterocycles. The molecule has 0 nitrogen and oxygen atoms in total. The first-order valence-corrected chi connectivity index (χ1v) is 6.76. The number of rotatable bonds is 9. The fourth-order valence-corrected chi connectivity index (χ4v) is 2.25. The highest BCUT2D eigenvalue weighted by atomic mass is 14.2. The molecule has 0 aromatic carbocycles. The summed E-state index contributed by atoms with van der Waals surface area (Å²) in [5, 5.41) is 0. The molecule has 0 amide bonds. The van der Waals surface area contributed by atoms with Crippen LogP contribution in [0.4, 0.5) is 0 Å². The summed E-state index contributed by atoms with van der Waals surface area (Å²) >= 11 is 0. The predicted molar refractivity (Wildman–Crippen MR) is 66.6 cm³/mol. The van der Waals surface area contributed by atoms with Crippen LogP contribution in [-0.4, -0.2) is 0 Å². The van der Waals surface area contributed by atoms with Gasteiger partial charge >= 0.3 is 0 Å². The first-order valence-electron chi connectivity index (χ1n) is 6.76. The number of hydrogen-bond acceptors (Lipinski definition) is 0. The van der Waals surface area contributed by atoms with Crippen molar-refractivity contribution in [1.82, 2.24) is 0 Å². The monoisotopic (exact) mass is 198 g/mol. The molecule has 0 N–H and O–H groups in total. The van der Waals surface area contributed by atoms with Crippen molar-refractivity contribution >= 4 is 0 Å². The molecule has 2 unspecified atom stereocenters. The molecular formula is C14H30. The van der Waals surface area contributed by atoms with E-state index in [4.69, 9.17) is 0 Å². The van der Waals surface area contributed by atoms with Gasteiger partial charge in [0, 0.05) is 0 Å². The minimum absolute atomic E-state index is 0.941. The van der Waals surface area contributed by atoms with E-state index in [1.165, 1.54) is 51.4 Å². The summed E-state index contributed by atoms with van der Waals surface area (Å²) in [6.07, 6.45) is 11.3. The third-order valence-corrected chi connectivity index (χ3v) is 3.54. The van der Waals surface area contributed by atoms with E-state index >= 15 is 0 Å². The summed E-state index contributed by atoms with van der Waals surface area (Å²) in [5.41, 5.74) is 0. The van der Waals surface area contributed by atoms with Crippen LogP contribution in [0.25, 0.3) is 0 Å². The molecule has 0 aromatic heterocycles. The Bertz CT molecular complexity index is 107. The molecule has 0 radical (unpaired) electrons. The third kappa shape index (κ3) is 6.45. The molecule has 2 atom stereocenters. The molecule has 0 saturated carbocycles. The highest BCUT2D eigenvalue weighted by Crippen LogP contribution is 2.26. The van der Waals surface area contributed by atoms with Crippen LogP contribution in [0.5, 0.6) is 0 Å². The van der Waals surface area contributed by atoms with Gasteiger partial charge in [0.25, 0.3) is 0 Å². The zero-order chi connectivity index (χ0) is 10.8. The Morgan fingerprint density at radius 2 is 1.50 bits per heavy atom. The van der Waals surface area contributed by atoms with Gasteiger partial charge in [-0.15, -0.1) is 0 Å². The van der Waals surface area contributed by atoms with Crippen LogP contribution in [-0.2, 0) is 0 Å². The van der Waals surface area contributed by atoms with E-state index in [1.807, 2.05) is 0 Å². The zero-order valence-electron chi connectivity index (χ0n) is 10.8. The second-order valence-corrected chi connectivity index (χ2v) is 4.78. The Kier molecular flexibility index (Phi) is 9.55. The van der Waals surface area contributed by atoms with Crippen molar-refractivity contribution in [3.05, 3.63) is 0 Å². The first kappa shape index (κ1) is 14.0. The van der Waals surface area contributed by atoms with Crippen LogP contribution in [0.2, 0.25) is 0 Å². The van der Waals surface area contributed by atoms with Gasteiger partial charge in [-0.3, -0.25) is 0 Å². The molecule has 0 heteroatoms. The molecule has 0 heterocycles. The van der Waals surface area contributed by atoms with Crippen LogP contribution < -0.4 is 0 Å². The second-order valence-electron chi connectivity index (χ2n) is 4.78. The maximum atomic E-state index is 2.43. The molecule has 0 spiro atoms. The normalized spacial score (nSPS) is 15.4. The Balaban J connectivity index is 3.61. The van der Waals surface area contributed by atoms with Gasteiger partial charge in [0.15, 0.2) is 0 Å². The average molecular weight is 198 g/mol. The minimum Gasteiger partial charge on any atom is -0.0654 e. The number of unbranched alkanes of at least 4 members (excludes halogenated alkanes) is 3. The topological polar surface area (TPSA) is 0 Å². The molecule has 0 aliphatic rings. The van der Waals surface area contributed by atoms with Crippen LogP contribution >= 0.6 is 0 Å². The second kappa shape index (κ2) is 9.55. The standard InChI is InChI=1S/C14H30/c1-5-8-9-10-12-14(11-6-2)13(4)7-3/h13-14H,5-12H2,1-4H3. The lowest BCUT2D eigenvalue weighted by atomic mass is 9.84. The number of hydrogen-bond donors (Lipinski definition) is 0. The average Bonchev–Trinajstić information content (AvgIpc) is 2.21. The van der Waals surface area contributed by atoms with Crippen LogP contribution in [0.1, 0.15) is 79.1 Å². The summed E-state index contributed by atoms with van der Waals surface area (Å²) in [6.45, 7) is 9.37. The van der Waals surface area contributed by atoms with E-state index in [0.717, 1.165) is 11.8 Å². The van der Waals surface area contributed by atoms with E-state index < -0.39 is 0 Å². The molecule has 0 aromatic rings. The Morgan fingerprint density at radius 1 is 0.786 bits per heavy atom. The van der Waals surface area contributed by atoms with Crippen LogP contribution in [0.3, 0.4) is 0 Å². The van der Waals surface area contributed by atoms with Gasteiger partial charge in [-0.25, -0.2) is 0 Å². The van der Waals surface area contributed by atoms with Crippen LogP contribution in [0.15, 0.2) is 0 Å². The highest BCUT2D eigenvalue weighted by molar-refractivity contribution is 4.65. The Hall–Kier alpha value is 0. The molecule has 14 heavy (non-hydrogen) atoms. The molecule has 0 fully saturated rings. The Morgan fingerprint density at radius 3 is 2.00 bits per heavy atom. The highest BCUT2D eigenvalue weighted by Gasteiger charge is 2.13. The predicted octanol–water partition coefficient (Wildman–Crippen LogP) is 5.42. The summed E-state index contributed by atoms with van der Waals surface area (Å²) in [7, 11) is 0. The van der Waals surface area contributed by atoms with Crippen molar-refractivity contribution in [2.24, 2.45) is 11.8 Å². The molecular weight excluding hydrogens is 168 g/mol. The maximum absolute atomic E-state index is 2.43. The van der Waals surface area contributed by atoms with Crippen molar-refractivity contribution < 1.29 is 0 Å². The lowest BCUT2D eigenvalue weighted by Gasteiger charge is -2.22. The molecule has 0 aliphatic carbocycles. The van der Waals surface area contributed by atoms with Gasteiger partial charge in [0.05, 0.1) is 0 Å². The summed E-state index contributed by atoms with van der Waals surface area (Å²) in [6, 6.07) is 0. The van der Waals surface area contributed by atoms with Gasteiger partial charge in [-0.05, 0) is 11.8 Å². The summed E-state index contributed by atoms with van der Waals surface area (Å²) in [4.78, 5) is 0. The van der Waals surface area contributed by atoms with Crippen molar-refractivity contribution in [1.29, 1.82) is 0 Å². The maximum Gasteiger partial charge on any atom is -0.0389 e. The minimum atomic E-state index is 0.941. The lowest BCUT2D eigenvalue weighted by Crippen LogP contribution is -2.10. The molecule has 0 bridgehead atoms. The molecule has 0 rings (SSSR count). The zero-order valence-corrected chi connectivity index (χ0v) is 10.8. The van der Waals surface area contributed by atoms with Crippen molar-refractivity contribution in [2.45, 2.75) is 79.1 Å². The van der Waals surface area contributed by atoms with E-state index in [9.17, 15) is 0 Å². The Labute approximate surface area is 91.5 Å². The SMILES string of the molecule is CCCCCCC(CCC)C(C)CC. The third-order valence-electron chi connectivity index (χ3n) is 3.54. The van der Waals surface area contributed by atoms with Crippen molar-refractivity contribution in [3.8, 4) is 0 Å². The van der Waals surface area contributed by atoms with E-state index in [2.05, 4.69) is 27.7 Å². The van der Waals surface area contributed by atoms with E-state index in [-0.39, 0.29) is 0 Å². The van der Waals surface area contributed by atoms with Gasteiger partial charge in [-0.1, -0.05) is 79.1 Å². The van der Waals surface area contributed by atoms with E-state index in [1.54, 1.807) is 0 Å². The van der Waals surface area contributed by atoms with Gasteiger partial charge in [0.1, 0.15) is 0 Å². The first-order chi connectivity index (χ1) is 6.76. The smallest absolute Gasteiger partial charge is 0.0389 e. The van der Waals surface area contributed by atoms with Gasteiger partial charge < -0.3 is 0 Å². The largest absolute Gasteiger partial charge is 0.0654 e. The van der Waals surface area contributed by atoms with E-state index in [0.29, 0.717) is 0 Å². The lowest BCUT2D eigenvalue weighted by molar-refractivity contribution is 0.295. The van der Waals surface area contributed by atoms with Gasteiger partial charge in [0.2, 0.25) is 0 Å². The quantitative estimate of drug-likeness (QED) is 0.434. The van der Waals surface area contributed by atoms with Crippen molar-refractivity contribution in [2.75, 3.05) is 0 Å².